The molecular weight excluding hydrogens is 326 g/mol. The molecule has 0 radical (unpaired) electrons. The summed E-state index contributed by atoms with van der Waals surface area (Å²) in [7, 11) is 0. The number of amides is 1. The quantitative estimate of drug-likeness (QED) is 0.645. The van der Waals surface area contributed by atoms with E-state index in [1.807, 2.05) is 41.3 Å². The van der Waals surface area contributed by atoms with Gasteiger partial charge in [-0.3, -0.25) is 4.79 Å². The van der Waals surface area contributed by atoms with Crippen LogP contribution in [0.15, 0.2) is 60.7 Å². The summed E-state index contributed by atoms with van der Waals surface area (Å²) in [6.07, 6.45) is 4.21. The second-order valence-electron chi connectivity index (χ2n) is 6.62. The van der Waals surface area contributed by atoms with Gasteiger partial charge < -0.3 is 14.4 Å². The number of carbonyl (C=O) groups is 1. The number of rotatable bonds is 9. The smallest absolute Gasteiger partial charge is 0.248 e. The van der Waals surface area contributed by atoms with Crippen LogP contribution in [-0.2, 0) is 16.0 Å². The molecule has 138 valence electrons. The molecule has 4 heteroatoms. The second-order valence-corrected chi connectivity index (χ2v) is 6.62. The van der Waals surface area contributed by atoms with Gasteiger partial charge in [0.25, 0.3) is 0 Å². The third-order valence-corrected chi connectivity index (χ3v) is 4.77. The van der Waals surface area contributed by atoms with E-state index in [1.54, 1.807) is 0 Å². The molecule has 1 heterocycles. The lowest BCUT2D eigenvalue weighted by atomic mass is 10.0. The minimum absolute atomic E-state index is 0.0975. The summed E-state index contributed by atoms with van der Waals surface area (Å²) >= 11 is 0. The number of hydrogen-bond acceptors (Lipinski definition) is 3. The topological polar surface area (TPSA) is 38.8 Å². The van der Waals surface area contributed by atoms with Crippen molar-refractivity contribution < 1.29 is 14.3 Å². The van der Waals surface area contributed by atoms with Gasteiger partial charge in [-0.05, 0) is 43.4 Å². The van der Waals surface area contributed by atoms with Crippen LogP contribution in [0.1, 0.15) is 24.8 Å². The zero-order valence-corrected chi connectivity index (χ0v) is 15.2. The van der Waals surface area contributed by atoms with Gasteiger partial charge in [0.1, 0.15) is 19.0 Å². The number of benzene rings is 2. The highest BCUT2D eigenvalue weighted by molar-refractivity contribution is 5.78. The van der Waals surface area contributed by atoms with Crippen molar-refractivity contribution in [3.05, 3.63) is 66.2 Å². The Morgan fingerprint density at radius 3 is 2.50 bits per heavy atom. The molecule has 0 aromatic heterocycles. The first-order valence-corrected chi connectivity index (χ1v) is 9.42. The number of hydrogen-bond donors (Lipinski definition) is 0. The highest BCUT2D eigenvalue weighted by Gasteiger charge is 2.28. The van der Waals surface area contributed by atoms with Crippen LogP contribution in [0.25, 0.3) is 0 Å². The monoisotopic (exact) mass is 353 g/mol. The molecule has 1 aliphatic rings. The first-order chi connectivity index (χ1) is 12.8. The van der Waals surface area contributed by atoms with Crippen molar-refractivity contribution >= 4 is 5.91 Å². The summed E-state index contributed by atoms with van der Waals surface area (Å²) in [6, 6.07) is 20.4. The Kier molecular flexibility index (Phi) is 7.08. The van der Waals surface area contributed by atoms with Crippen molar-refractivity contribution in [2.45, 2.75) is 31.7 Å². The first kappa shape index (κ1) is 18.5. The number of carbonyl (C=O) groups excluding carboxylic acids is 1. The van der Waals surface area contributed by atoms with Crippen LogP contribution in [0.3, 0.4) is 0 Å². The van der Waals surface area contributed by atoms with E-state index in [2.05, 4.69) is 24.3 Å². The van der Waals surface area contributed by atoms with Gasteiger partial charge in [-0.25, -0.2) is 0 Å². The molecule has 1 atom stereocenters. The molecule has 1 fully saturated rings. The average Bonchev–Trinajstić information content (AvgIpc) is 3.16. The highest BCUT2D eigenvalue weighted by atomic mass is 16.5. The Morgan fingerprint density at radius 1 is 1.00 bits per heavy atom. The normalized spacial score (nSPS) is 16.6. The fourth-order valence-electron chi connectivity index (χ4n) is 3.42. The average molecular weight is 353 g/mol. The molecular formula is C22H27NO3. The Hall–Kier alpha value is -2.33. The predicted molar refractivity (Wildman–Crippen MR) is 102 cm³/mol. The van der Waals surface area contributed by atoms with Crippen molar-refractivity contribution in [2.24, 2.45) is 0 Å². The van der Waals surface area contributed by atoms with E-state index in [9.17, 15) is 4.79 Å². The maximum absolute atomic E-state index is 12.5. The van der Waals surface area contributed by atoms with Crippen LogP contribution in [0.4, 0.5) is 0 Å². The van der Waals surface area contributed by atoms with Crippen LogP contribution in [-0.4, -0.2) is 43.2 Å². The van der Waals surface area contributed by atoms with Crippen LogP contribution in [0.5, 0.6) is 5.75 Å². The fourth-order valence-corrected chi connectivity index (χ4v) is 3.42. The summed E-state index contributed by atoms with van der Waals surface area (Å²) in [6.45, 7) is 1.86. The lowest BCUT2D eigenvalue weighted by Gasteiger charge is -2.24. The number of aryl methyl sites for hydroxylation is 1. The van der Waals surface area contributed by atoms with Gasteiger partial charge in [0, 0.05) is 12.6 Å². The van der Waals surface area contributed by atoms with Gasteiger partial charge in [0.05, 0.1) is 6.61 Å². The minimum atomic E-state index is 0.0975. The van der Waals surface area contributed by atoms with Crippen molar-refractivity contribution in [3.8, 4) is 5.75 Å². The van der Waals surface area contributed by atoms with Gasteiger partial charge >= 0.3 is 0 Å². The van der Waals surface area contributed by atoms with E-state index in [1.165, 1.54) is 5.56 Å². The summed E-state index contributed by atoms with van der Waals surface area (Å²) < 4.78 is 11.1. The van der Waals surface area contributed by atoms with Crippen molar-refractivity contribution in [1.82, 2.24) is 4.90 Å². The third-order valence-electron chi connectivity index (χ3n) is 4.77. The first-order valence-electron chi connectivity index (χ1n) is 9.42. The molecule has 26 heavy (non-hydrogen) atoms. The van der Waals surface area contributed by atoms with Crippen LogP contribution in [0, 0.1) is 0 Å². The van der Waals surface area contributed by atoms with E-state index in [4.69, 9.17) is 9.47 Å². The Bertz CT molecular complexity index is 660. The minimum Gasteiger partial charge on any atom is -0.491 e. The van der Waals surface area contributed by atoms with Gasteiger partial charge in [-0.1, -0.05) is 48.5 Å². The largest absolute Gasteiger partial charge is 0.491 e. The van der Waals surface area contributed by atoms with Gasteiger partial charge in [0.2, 0.25) is 5.91 Å². The molecule has 1 unspecified atom stereocenters. The molecule has 0 aliphatic carbocycles. The van der Waals surface area contributed by atoms with Gasteiger partial charge in [-0.15, -0.1) is 0 Å². The van der Waals surface area contributed by atoms with Crippen LogP contribution in [0.2, 0.25) is 0 Å². The van der Waals surface area contributed by atoms with Crippen LogP contribution < -0.4 is 4.74 Å². The van der Waals surface area contributed by atoms with Crippen molar-refractivity contribution in [1.29, 1.82) is 0 Å². The van der Waals surface area contributed by atoms with Crippen molar-refractivity contribution in [3.63, 3.8) is 0 Å². The molecule has 0 spiro atoms. The molecule has 4 nitrogen and oxygen atoms in total. The molecule has 0 saturated carbocycles. The standard InChI is InChI=1S/C22H27NO3/c24-22(18-25-16-17-26-21-11-5-2-6-12-21)23-15-7-10-20(23)14-13-19-8-3-1-4-9-19/h1-6,8-9,11-12,20H,7,10,13-18H2. The Morgan fingerprint density at radius 2 is 1.73 bits per heavy atom. The molecule has 0 bridgehead atoms. The molecule has 2 aromatic rings. The Balaban J connectivity index is 1.35. The molecule has 2 aromatic carbocycles. The Labute approximate surface area is 155 Å². The van der Waals surface area contributed by atoms with E-state index in [0.717, 1.165) is 38.0 Å². The molecule has 3 rings (SSSR count). The summed E-state index contributed by atoms with van der Waals surface area (Å²) in [4.78, 5) is 14.5. The second kappa shape index (κ2) is 9.97. The zero-order chi connectivity index (χ0) is 18.0. The predicted octanol–water partition coefficient (Wildman–Crippen LogP) is 3.71. The molecule has 1 amide bonds. The highest BCUT2D eigenvalue weighted by Crippen LogP contribution is 2.22. The number of nitrogens with zero attached hydrogens (tertiary/aromatic N) is 1. The fraction of sp³-hybridized carbons (Fsp3) is 0.409. The van der Waals surface area contributed by atoms with E-state index in [0.29, 0.717) is 19.3 Å². The number of ether oxygens (including phenoxy) is 2. The van der Waals surface area contributed by atoms with Crippen LogP contribution >= 0.6 is 0 Å². The van der Waals surface area contributed by atoms with E-state index < -0.39 is 0 Å². The van der Waals surface area contributed by atoms with Gasteiger partial charge in [0.15, 0.2) is 0 Å². The molecule has 1 aliphatic heterocycles. The maximum Gasteiger partial charge on any atom is 0.248 e. The third kappa shape index (κ3) is 5.60. The zero-order valence-electron chi connectivity index (χ0n) is 15.2. The lowest BCUT2D eigenvalue weighted by molar-refractivity contribution is -0.137. The number of para-hydroxylation sites is 1. The summed E-state index contributed by atoms with van der Waals surface area (Å²) in [5.74, 6) is 0.920. The number of likely N-dealkylation sites (tertiary alicyclic amines) is 1. The lowest BCUT2D eigenvalue weighted by Crippen LogP contribution is -2.38. The van der Waals surface area contributed by atoms with E-state index >= 15 is 0 Å². The van der Waals surface area contributed by atoms with E-state index in [-0.39, 0.29) is 12.5 Å². The molecule has 1 saturated heterocycles. The van der Waals surface area contributed by atoms with Crippen molar-refractivity contribution in [2.75, 3.05) is 26.4 Å². The SMILES string of the molecule is O=C(COCCOc1ccccc1)N1CCCC1CCc1ccccc1. The molecule has 0 N–H and O–H groups in total. The summed E-state index contributed by atoms with van der Waals surface area (Å²) in [5.41, 5.74) is 1.33. The van der Waals surface area contributed by atoms with Gasteiger partial charge in [-0.2, -0.15) is 0 Å². The summed E-state index contributed by atoms with van der Waals surface area (Å²) in [5, 5.41) is 0. The maximum atomic E-state index is 12.5.